The van der Waals surface area contributed by atoms with Crippen molar-refractivity contribution in [2.45, 2.75) is 48.1 Å². The lowest BCUT2D eigenvalue weighted by Crippen LogP contribution is -2.39. The van der Waals surface area contributed by atoms with Crippen LogP contribution in [0.15, 0.2) is 70.5 Å². The number of benzene rings is 2. The molecule has 1 heterocycles. The molecule has 1 aliphatic rings. The number of sulfonamides is 2. The lowest BCUT2D eigenvalue weighted by Gasteiger charge is -2.22. The van der Waals surface area contributed by atoms with E-state index in [9.17, 15) is 21.6 Å². The van der Waals surface area contributed by atoms with Crippen molar-refractivity contribution in [2.24, 2.45) is 5.92 Å². The highest BCUT2D eigenvalue weighted by Crippen LogP contribution is 2.29. The summed E-state index contributed by atoms with van der Waals surface area (Å²) in [6.07, 6.45) is 4.49. The second-order valence-electron chi connectivity index (χ2n) is 8.35. The van der Waals surface area contributed by atoms with E-state index in [4.69, 9.17) is 28.3 Å². The normalized spacial score (nSPS) is 20.3. The summed E-state index contributed by atoms with van der Waals surface area (Å²) in [6.45, 7) is 1.53. The standard InChI is InChI=1S/C23H26Cl2N2O6S2/c1-16(23(28)29)4-2-3-5-20-14-19(26-34(30,31)21-10-6-17(24)7-11-21)15-27(20)35(32,33)22-12-8-18(25)9-13-22/h3,5-13,16,19-20,26H,2,4,14-15H2,1H3,(H,28,29)/t16?,19-,20-/m1/s1. The van der Waals surface area contributed by atoms with Gasteiger partial charge in [-0.2, -0.15) is 4.31 Å². The van der Waals surface area contributed by atoms with E-state index in [0.29, 0.717) is 22.9 Å². The first-order valence-electron chi connectivity index (χ1n) is 10.8. The predicted molar refractivity (Wildman–Crippen MR) is 134 cm³/mol. The Bertz CT molecular complexity index is 1280. The first kappa shape index (κ1) is 27.6. The fourth-order valence-electron chi connectivity index (χ4n) is 3.74. The van der Waals surface area contributed by atoms with Gasteiger partial charge in [0.05, 0.1) is 15.7 Å². The van der Waals surface area contributed by atoms with Crippen LogP contribution in [0, 0.1) is 5.92 Å². The Morgan fingerprint density at radius 2 is 1.60 bits per heavy atom. The van der Waals surface area contributed by atoms with Crippen LogP contribution in [0.4, 0.5) is 0 Å². The van der Waals surface area contributed by atoms with Crippen molar-refractivity contribution in [1.29, 1.82) is 0 Å². The maximum atomic E-state index is 13.4. The summed E-state index contributed by atoms with van der Waals surface area (Å²) in [7, 11) is -7.86. The van der Waals surface area contributed by atoms with E-state index in [1.807, 2.05) is 0 Å². The Morgan fingerprint density at radius 1 is 1.06 bits per heavy atom. The van der Waals surface area contributed by atoms with Gasteiger partial charge in [0.2, 0.25) is 20.0 Å². The first-order chi connectivity index (χ1) is 16.4. The second-order valence-corrected chi connectivity index (χ2v) is 12.8. The van der Waals surface area contributed by atoms with Crippen LogP contribution < -0.4 is 4.72 Å². The van der Waals surface area contributed by atoms with Gasteiger partial charge in [0, 0.05) is 28.7 Å². The van der Waals surface area contributed by atoms with Crippen LogP contribution in [0.3, 0.4) is 0 Å². The monoisotopic (exact) mass is 560 g/mol. The molecule has 0 aromatic heterocycles. The fraction of sp³-hybridized carbons (Fsp3) is 0.348. The number of carbonyl (C=O) groups is 1. The number of rotatable bonds is 10. The third kappa shape index (κ3) is 7.05. The third-order valence-electron chi connectivity index (χ3n) is 5.71. The summed E-state index contributed by atoms with van der Waals surface area (Å²) in [5.41, 5.74) is 0. The Kier molecular flexibility index (Phi) is 9.01. The lowest BCUT2D eigenvalue weighted by atomic mass is 10.1. The summed E-state index contributed by atoms with van der Waals surface area (Å²) in [5.74, 6) is -1.43. The highest BCUT2D eigenvalue weighted by atomic mass is 35.5. The van der Waals surface area contributed by atoms with Crippen molar-refractivity contribution in [2.75, 3.05) is 6.54 Å². The van der Waals surface area contributed by atoms with E-state index in [0.717, 1.165) is 0 Å². The maximum absolute atomic E-state index is 13.4. The fourth-order valence-corrected chi connectivity index (χ4v) is 6.87. The van der Waals surface area contributed by atoms with Crippen molar-refractivity contribution >= 4 is 49.2 Å². The van der Waals surface area contributed by atoms with Gasteiger partial charge in [-0.15, -0.1) is 0 Å². The molecule has 1 aliphatic heterocycles. The third-order valence-corrected chi connectivity index (χ3v) is 9.65. The summed E-state index contributed by atoms with van der Waals surface area (Å²) in [6, 6.07) is 10.1. The number of hydrogen-bond acceptors (Lipinski definition) is 5. The van der Waals surface area contributed by atoms with Crippen molar-refractivity contribution in [3.05, 3.63) is 70.7 Å². The van der Waals surface area contributed by atoms with E-state index >= 15 is 0 Å². The van der Waals surface area contributed by atoms with Gasteiger partial charge in [-0.1, -0.05) is 42.3 Å². The van der Waals surface area contributed by atoms with Gasteiger partial charge in [0.25, 0.3) is 0 Å². The molecule has 190 valence electrons. The number of nitrogens with zero attached hydrogens (tertiary/aromatic N) is 1. The maximum Gasteiger partial charge on any atom is 0.306 e. The van der Waals surface area contributed by atoms with Crippen LogP contribution in [0.1, 0.15) is 26.2 Å². The first-order valence-corrected chi connectivity index (χ1v) is 14.5. The Balaban J connectivity index is 1.83. The van der Waals surface area contributed by atoms with E-state index in [-0.39, 0.29) is 22.8 Å². The zero-order chi connectivity index (χ0) is 25.8. The van der Waals surface area contributed by atoms with Gasteiger partial charge >= 0.3 is 5.97 Å². The molecular weight excluding hydrogens is 535 g/mol. The number of aliphatic carboxylic acids is 1. The molecule has 12 heteroatoms. The zero-order valence-corrected chi connectivity index (χ0v) is 22.0. The van der Waals surface area contributed by atoms with Crippen LogP contribution in [0.5, 0.6) is 0 Å². The van der Waals surface area contributed by atoms with E-state index in [1.165, 1.54) is 52.8 Å². The molecule has 0 saturated carbocycles. The van der Waals surface area contributed by atoms with Gasteiger partial charge in [0.15, 0.2) is 0 Å². The second kappa shape index (κ2) is 11.4. The molecule has 8 nitrogen and oxygen atoms in total. The highest BCUT2D eigenvalue weighted by molar-refractivity contribution is 7.89. The lowest BCUT2D eigenvalue weighted by molar-refractivity contribution is -0.141. The molecule has 0 aliphatic carbocycles. The number of nitrogens with one attached hydrogen (secondary N) is 1. The predicted octanol–water partition coefficient (Wildman–Crippen LogP) is 4.16. The van der Waals surface area contributed by atoms with Crippen LogP contribution in [0.25, 0.3) is 0 Å². The summed E-state index contributed by atoms with van der Waals surface area (Å²) in [5, 5.41) is 9.83. The van der Waals surface area contributed by atoms with Crippen molar-refractivity contribution < 1.29 is 26.7 Å². The molecule has 2 aromatic rings. The van der Waals surface area contributed by atoms with Crippen LogP contribution >= 0.6 is 23.2 Å². The molecule has 1 fully saturated rings. The van der Waals surface area contributed by atoms with Gasteiger partial charge in [-0.05, 0) is 67.8 Å². The van der Waals surface area contributed by atoms with Gasteiger partial charge in [-0.3, -0.25) is 4.79 Å². The van der Waals surface area contributed by atoms with E-state index in [2.05, 4.69) is 4.72 Å². The molecule has 2 aromatic carbocycles. The molecule has 0 spiro atoms. The Hall–Kier alpha value is -1.95. The molecular formula is C23H26Cl2N2O6S2. The minimum absolute atomic E-state index is 0.0238. The quantitative estimate of drug-likeness (QED) is 0.421. The molecule has 0 bridgehead atoms. The molecule has 0 radical (unpaired) electrons. The molecule has 35 heavy (non-hydrogen) atoms. The molecule has 0 amide bonds. The van der Waals surface area contributed by atoms with Crippen LogP contribution in [-0.2, 0) is 24.8 Å². The SMILES string of the molecule is CC(CCC=C[C@@H]1C[C@@H](NS(=O)(=O)c2ccc(Cl)cc2)CN1S(=O)(=O)c1ccc(Cl)cc1)C(=O)O. The highest BCUT2D eigenvalue weighted by Gasteiger charge is 2.40. The smallest absolute Gasteiger partial charge is 0.306 e. The number of carboxylic acids is 1. The average Bonchev–Trinajstić information content (AvgIpc) is 3.19. The Morgan fingerprint density at radius 3 is 2.14 bits per heavy atom. The molecule has 1 unspecified atom stereocenters. The van der Waals surface area contributed by atoms with E-state index in [1.54, 1.807) is 19.1 Å². The summed E-state index contributed by atoms with van der Waals surface area (Å²) < 4.78 is 56.3. The van der Waals surface area contributed by atoms with Crippen molar-refractivity contribution in [3.8, 4) is 0 Å². The number of allylic oxidation sites excluding steroid dienone is 1. The summed E-state index contributed by atoms with van der Waals surface area (Å²) in [4.78, 5) is 11.1. The minimum Gasteiger partial charge on any atom is -0.481 e. The minimum atomic E-state index is -3.95. The molecule has 2 N–H and O–H groups in total. The number of carboxylic acid groups (broad SMARTS) is 1. The molecule has 3 atom stereocenters. The topological polar surface area (TPSA) is 121 Å². The van der Waals surface area contributed by atoms with Crippen LogP contribution in [0.2, 0.25) is 10.0 Å². The summed E-state index contributed by atoms with van der Waals surface area (Å²) >= 11 is 11.7. The van der Waals surface area contributed by atoms with Gasteiger partial charge in [0.1, 0.15) is 0 Å². The molecule has 1 saturated heterocycles. The van der Waals surface area contributed by atoms with Gasteiger partial charge in [-0.25, -0.2) is 21.6 Å². The van der Waals surface area contributed by atoms with Crippen molar-refractivity contribution in [1.82, 2.24) is 9.03 Å². The van der Waals surface area contributed by atoms with E-state index < -0.39 is 44.0 Å². The van der Waals surface area contributed by atoms with Crippen molar-refractivity contribution in [3.63, 3.8) is 0 Å². The number of hydrogen-bond donors (Lipinski definition) is 2. The van der Waals surface area contributed by atoms with Crippen LogP contribution in [-0.4, -0.2) is 50.8 Å². The number of halogens is 2. The Labute approximate surface area is 215 Å². The van der Waals surface area contributed by atoms with Gasteiger partial charge < -0.3 is 5.11 Å². The zero-order valence-electron chi connectivity index (χ0n) is 18.8. The molecule has 3 rings (SSSR count). The average molecular weight is 562 g/mol. The largest absolute Gasteiger partial charge is 0.481 e.